The number of nitrogens with zero attached hydrogens (tertiary/aromatic N) is 3. The number of hydrogen-bond acceptors (Lipinski definition) is 3. The number of imidazole rings is 1. The zero-order valence-corrected chi connectivity index (χ0v) is 14.8. The summed E-state index contributed by atoms with van der Waals surface area (Å²) in [4.78, 5) is 30.3. The summed E-state index contributed by atoms with van der Waals surface area (Å²) in [6.45, 7) is 4.31. The predicted octanol–water partition coefficient (Wildman–Crippen LogP) is 2.25. The highest BCUT2D eigenvalue weighted by Crippen LogP contribution is 2.15. The van der Waals surface area contributed by atoms with Crippen LogP contribution in [0.25, 0.3) is 11.0 Å². The van der Waals surface area contributed by atoms with E-state index >= 15 is 0 Å². The summed E-state index contributed by atoms with van der Waals surface area (Å²) in [6, 6.07) is 8.08. The molecule has 0 radical (unpaired) electrons. The molecule has 1 fully saturated rings. The third-order valence-corrected chi connectivity index (χ3v) is 4.73. The predicted molar refractivity (Wildman–Crippen MR) is 97.1 cm³/mol. The van der Waals surface area contributed by atoms with Gasteiger partial charge in [0.05, 0.1) is 17.6 Å². The molecule has 0 unspecified atom stereocenters. The van der Waals surface area contributed by atoms with Crippen LogP contribution in [0.1, 0.15) is 37.9 Å². The van der Waals surface area contributed by atoms with Crippen LogP contribution in [0.3, 0.4) is 0 Å². The largest absolute Gasteiger partial charge is 0.354 e. The summed E-state index contributed by atoms with van der Waals surface area (Å²) in [6.07, 6.45) is 4.41. The fourth-order valence-electron chi connectivity index (χ4n) is 3.38. The highest BCUT2D eigenvalue weighted by Gasteiger charge is 2.18. The number of para-hydroxylation sites is 2. The van der Waals surface area contributed by atoms with Gasteiger partial charge in [0.2, 0.25) is 11.8 Å². The summed E-state index contributed by atoms with van der Waals surface area (Å²) in [5, 5.41) is 2.93. The van der Waals surface area contributed by atoms with Gasteiger partial charge in [0.15, 0.2) is 0 Å². The minimum atomic E-state index is -0.0672. The Hall–Kier alpha value is -2.37. The van der Waals surface area contributed by atoms with Crippen LogP contribution in [0.15, 0.2) is 24.3 Å². The molecule has 1 aliphatic heterocycles. The first-order valence-corrected chi connectivity index (χ1v) is 9.11. The molecule has 1 aliphatic rings. The van der Waals surface area contributed by atoms with Gasteiger partial charge in [-0.05, 0) is 38.3 Å². The maximum absolute atomic E-state index is 12.1. The lowest BCUT2D eigenvalue weighted by atomic mass is 10.2. The number of hydrogen-bond donors (Lipinski definition) is 1. The van der Waals surface area contributed by atoms with E-state index in [1.165, 1.54) is 0 Å². The molecule has 3 rings (SSSR count). The van der Waals surface area contributed by atoms with E-state index in [0.717, 1.165) is 49.1 Å². The highest BCUT2D eigenvalue weighted by atomic mass is 16.2. The number of amides is 2. The average molecular weight is 342 g/mol. The standard InChI is InChI=1S/C19H26N4O2/c1-15-21-16-8-4-5-9-17(16)23(15)13-7-11-20-18(24)14-22-12-6-2-3-10-19(22)25/h4-5,8-9H,2-3,6-7,10-14H2,1H3,(H,20,24). The van der Waals surface area contributed by atoms with Crippen molar-refractivity contribution in [1.82, 2.24) is 19.8 Å². The van der Waals surface area contributed by atoms with Gasteiger partial charge in [-0.2, -0.15) is 0 Å². The minimum absolute atomic E-state index is 0.0672. The lowest BCUT2D eigenvalue weighted by Crippen LogP contribution is -2.40. The first kappa shape index (κ1) is 17.5. The van der Waals surface area contributed by atoms with Gasteiger partial charge in [-0.15, -0.1) is 0 Å². The molecule has 0 bridgehead atoms. The van der Waals surface area contributed by atoms with Crippen LogP contribution in [0.2, 0.25) is 0 Å². The molecule has 1 N–H and O–H groups in total. The molecule has 6 heteroatoms. The maximum atomic E-state index is 12.1. The van der Waals surface area contributed by atoms with Crippen LogP contribution in [0, 0.1) is 6.92 Å². The topological polar surface area (TPSA) is 67.2 Å². The Morgan fingerprint density at radius 2 is 2.08 bits per heavy atom. The molecule has 0 saturated carbocycles. The zero-order chi connectivity index (χ0) is 17.6. The van der Waals surface area contributed by atoms with Crippen molar-refractivity contribution in [1.29, 1.82) is 0 Å². The number of aromatic nitrogens is 2. The van der Waals surface area contributed by atoms with E-state index in [4.69, 9.17) is 0 Å². The molecule has 25 heavy (non-hydrogen) atoms. The Balaban J connectivity index is 1.45. The van der Waals surface area contributed by atoms with Crippen LogP contribution in [-0.2, 0) is 16.1 Å². The molecule has 1 aromatic carbocycles. The van der Waals surface area contributed by atoms with Gasteiger partial charge in [-0.1, -0.05) is 18.6 Å². The van der Waals surface area contributed by atoms with E-state index < -0.39 is 0 Å². The fraction of sp³-hybridized carbons (Fsp3) is 0.526. The van der Waals surface area contributed by atoms with Crippen molar-refractivity contribution in [3.05, 3.63) is 30.1 Å². The Morgan fingerprint density at radius 1 is 1.24 bits per heavy atom. The van der Waals surface area contributed by atoms with E-state index in [-0.39, 0.29) is 18.4 Å². The van der Waals surface area contributed by atoms with Crippen LogP contribution in [-0.4, -0.2) is 45.9 Å². The third kappa shape index (κ3) is 4.38. The number of carbonyl (C=O) groups is 2. The van der Waals surface area contributed by atoms with Gasteiger partial charge in [-0.3, -0.25) is 9.59 Å². The van der Waals surface area contributed by atoms with Gasteiger partial charge in [-0.25, -0.2) is 4.98 Å². The molecule has 134 valence electrons. The Kier molecular flexibility index (Phi) is 5.68. The molecular weight excluding hydrogens is 316 g/mol. The highest BCUT2D eigenvalue weighted by molar-refractivity contribution is 5.84. The summed E-state index contributed by atoms with van der Waals surface area (Å²) < 4.78 is 2.18. The first-order valence-electron chi connectivity index (χ1n) is 9.11. The summed E-state index contributed by atoms with van der Waals surface area (Å²) >= 11 is 0. The van der Waals surface area contributed by atoms with Crippen LogP contribution >= 0.6 is 0 Å². The zero-order valence-electron chi connectivity index (χ0n) is 14.8. The molecule has 1 aromatic heterocycles. The van der Waals surface area contributed by atoms with E-state index in [2.05, 4.69) is 20.9 Å². The average Bonchev–Trinajstić information content (AvgIpc) is 2.78. The Morgan fingerprint density at radius 3 is 2.96 bits per heavy atom. The number of aryl methyl sites for hydroxylation is 2. The molecule has 0 spiro atoms. The second kappa shape index (κ2) is 8.14. The van der Waals surface area contributed by atoms with Gasteiger partial charge < -0.3 is 14.8 Å². The minimum Gasteiger partial charge on any atom is -0.354 e. The number of fused-ring (bicyclic) bond motifs is 1. The van der Waals surface area contributed by atoms with Gasteiger partial charge in [0, 0.05) is 26.1 Å². The van der Waals surface area contributed by atoms with Crippen molar-refractivity contribution in [3.63, 3.8) is 0 Å². The normalized spacial score (nSPS) is 15.4. The summed E-state index contributed by atoms with van der Waals surface area (Å²) in [5.41, 5.74) is 2.13. The number of rotatable bonds is 6. The summed E-state index contributed by atoms with van der Waals surface area (Å²) in [7, 11) is 0. The molecule has 2 aromatic rings. The number of carbonyl (C=O) groups excluding carboxylic acids is 2. The second-order valence-corrected chi connectivity index (χ2v) is 6.63. The molecule has 1 saturated heterocycles. The Bertz CT molecular complexity index is 753. The van der Waals surface area contributed by atoms with Gasteiger partial charge in [0.25, 0.3) is 0 Å². The van der Waals surface area contributed by atoms with E-state index in [9.17, 15) is 9.59 Å². The van der Waals surface area contributed by atoms with Gasteiger partial charge >= 0.3 is 0 Å². The van der Waals surface area contributed by atoms with E-state index in [0.29, 0.717) is 19.5 Å². The first-order chi connectivity index (χ1) is 12.1. The van der Waals surface area contributed by atoms with E-state index in [1.807, 2.05) is 25.1 Å². The van der Waals surface area contributed by atoms with Crippen molar-refractivity contribution in [2.24, 2.45) is 0 Å². The quantitative estimate of drug-likeness (QED) is 0.819. The third-order valence-electron chi connectivity index (χ3n) is 4.73. The van der Waals surface area contributed by atoms with Crippen molar-refractivity contribution in [2.45, 2.75) is 45.6 Å². The number of nitrogens with one attached hydrogen (secondary N) is 1. The van der Waals surface area contributed by atoms with Crippen molar-refractivity contribution in [3.8, 4) is 0 Å². The molecule has 2 amide bonds. The molecule has 2 heterocycles. The molecule has 6 nitrogen and oxygen atoms in total. The smallest absolute Gasteiger partial charge is 0.239 e. The van der Waals surface area contributed by atoms with Crippen LogP contribution in [0.4, 0.5) is 0 Å². The number of benzene rings is 1. The molecule has 0 atom stereocenters. The molecular formula is C19H26N4O2. The van der Waals surface area contributed by atoms with E-state index in [1.54, 1.807) is 4.90 Å². The fourth-order valence-corrected chi connectivity index (χ4v) is 3.38. The van der Waals surface area contributed by atoms with Crippen molar-refractivity contribution < 1.29 is 9.59 Å². The van der Waals surface area contributed by atoms with Gasteiger partial charge in [0.1, 0.15) is 5.82 Å². The van der Waals surface area contributed by atoms with Crippen LogP contribution < -0.4 is 5.32 Å². The molecule has 0 aliphatic carbocycles. The van der Waals surface area contributed by atoms with Crippen LogP contribution in [0.5, 0.6) is 0 Å². The lowest BCUT2D eigenvalue weighted by Gasteiger charge is -2.19. The van der Waals surface area contributed by atoms with Crippen molar-refractivity contribution >= 4 is 22.8 Å². The van der Waals surface area contributed by atoms with Crippen molar-refractivity contribution in [2.75, 3.05) is 19.6 Å². The second-order valence-electron chi connectivity index (χ2n) is 6.63. The Labute approximate surface area is 148 Å². The summed E-state index contributed by atoms with van der Waals surface area (Å²) in [5.74, 6) is 1.03. The lowest BCUT2D eigenvalue weighted by molar-refractivity contribution is -0.135. The monoisotopic (exact) mass is 342 g/mol. The maximum Gasteiger partial charge on any atom is 0.239 e. The SMILES string of the molecule is Cc1nc2ccccc2n1CCCNC(=O)CN1CCCCCC1=O. The number of likely N-dealkylation sites (tertiary alicyclic amines) is 1.